The number of rotatable bonds is 7. The Hall–Kier alpha value is -3.47. The third-order valence-electron chi connectivity index (χ3n) is 4.68. The highest BCUT2D eigenvalue weighted by atomic mass is 32.2. The van der Waals surface area contributed by atoms with E-state index in [4.69, 9.17) is 17.7 Å². The fourth-order valence-electron chi connectivity index (χ4n) is 3.42. The standard InChI is InChI=1S/C21H21FN2O7S/c1-11(25)23-14-7-6-13(22)18-19(14)21(27)24(20(18)26)15(10-32(4,28)29)12-5-8-16(30-2)17(9-12)31-3/h5-9,15H,10H2,1-4H3,(H,23,25)/i2D3,3D3. The molecular formula is C21H21FN2O7S. The van der Waals surface area contributed by atoms with Gasteiger partial charge in [0.05, 0.1) is 50.9 Å². The van der Waals surface area contributed by atoms with E-state index in [0.29, 0.717) is 4.90 Å². The van der Waals surface area contributed by atoms with Gasteiger partial charge in [-0.1, -0.05) is 6.07 Å². The number of nitrogens with one attached hydrogen (secondary N) is 1. The van der Waals surface area contributed by atoms with Gasteiger partial charge in [0.2, 0.25) is 5.91 Å². The molecule has 0 radical (unpaired) electrons. The number of benzene rings is 2. The summed E-state index contributed by atoms with van der Waals surface area (Å²) in [5, 5.41) is 2.32. The summed E-state index contributed by atoms with van der Waals surface area (Å²) in [5.74, 6) is -6.10. The Balaban J connectivity index is 2.20. The maximum Gasteiger partial charge on any atom is 0.265 e. The van der Waals surface area contributed by atoms with E-state index in [1.165, 1.54) is 0 Å². The van der Waals surface area contributed by atoms with Crippen LogP contribution in [0.3, 0.4) is 0 Å². The van der Waals surface area contributed by atoms with E-state index in [1.807, 2.05) is 0 Å². The van der Waals surface area contributed by atoms with Crippen molar-refractivity contribution in [1.29, 1.82) is 0 Å². The van der Waals surface area contributed by atoms with Gasteiger partial charge in [-0.25, -0.2) is 12.8 Å². The third-order valence-corrected chi connectivity index (χ3v) is 5.60. The Morgan fingerprint density at radius 1 is 1.12 bits per heavy atom. The number of fused-ring (bicyclic) bond motifs is 1. The maximum absolute atomic E-state index is 14.7. The lowest BCUT2D eigenvalue weighted by molar-refractivity contribution is -0.114. The van der Waals surface area contributed by atoms with Crippen molar-refractivity contribution in [2.45, 2.75) is 13.0 Å². The molecular weight excluding hydrogens is 443 g/mol. The Morgan fingerprint density at radius 2 is 1.78 bits per heavy atom. The lowest BCUT2D eigenvalue weighted by atomic mass is 10.1. The van der Waals surface area contributed by atoms with Crippen LogP contribution in [-0.2, 0) is 14.6 Å². The molecule has 32 heavy (non-hydrogen) atoms. The van der Waals surface area contributed by atoms with Crippen LogP contribution in [0.1, 0.15) is 47.5 Å². The van der Waals surface area contributed by atoms with E-state index in [0.717, 1.165) is 43.5 Å². The van der Waals surface area contributed by atoms with Gasteiger partial charge < -0.3 is 14.8 Å². The van der Waals surface area contributed by atoms with Crippen molar-refractivity contribution in [2.24, 2.45) is 0 Å². The number of anilines is 1. The lowest BCUT2D eigenvalue weighted by Gasteiger charge is -2.26. The van der Waals surface area contributed by atoms with Gasteiger partial charge in [0, 0.05) is 13.2 Å². The van der Waals surface area contributed by atoms with Crippen LogP contribution in [-0.4, -0.2) is 57.1 Å². The normalized spacial score (nSPS) is 17.8. The molecule has 1 heterocycles. The van der Waals surface area contributed by atoms with Crippen molar-refractivity contribution in [1.82, 2.24) is 4.90 Å². The van der Waals surface area contributed by atoms with Crippen LogP contribution >= 0.6 is 0 Å². The first-order valence-corrected chi connectivity index (χ1v) is 11.0. The van der Waals surface area contributed by atoms with E-state index in [9.17, 15) is 27.2 Å². The van der Waals surface area contributed by atoms with Crippen LogP contribution in [0.4, 0.5) is 10.1 Å². The summed E-state index contributed by atoms with van der Waals surface area (Å²) in [6.45, 7) is 1.12. The zero-order chi connectivity index (χ0) is 28.8. The highest BCUT2D eigenvalue weighted by Gasteiger charge is 2.45. The van der Waals surface area contributed by atoms with Gasteiger partial charge >= 0.3 is 0 Å². The third kappa shape index (κ3) is 4.28. The Bertz CT molecular complexity index is 1430. The molecule has 0 bridgehead atoms. The number of amides is 3. The number of methoxy groups -OCH3 is 2. The molecule has 1 atom stereocenters. The zero-order valence-electron chi connectivity index (χ0n) is 22.8. The largest absolute Gasteiger partial charge is 0.493 e. The van der Waals surface area contributed by atoms with Gasteiger partial charge in [-0.05, 0) is 29.8 Å². The van der Waals surface area contributed by atoms with Crippen molar-refractivity contribution in [3.63, 3.8) is 0 Å². The first-order valence-electron chi connectivity index (χ1n) is 11.9. The second kappa shape index (κ2) is 8.58. The molecule has 0 aliphatic carbocycles. The van der Waals surface area contributed by atoms with E-state index in [-0.39, 0.29) is 11.3 Å². The number of imide groups is 1. The summed E-state index contributed by atoms with van der Waals surface area (Å²) in [4.78, 5) is 38.7. The van der Waals surface area contributed by atoms with E-state index >= 15 is 0 Å². The van der Waals surface area contributed by atoms with Crippen molar-refractivity contribution in [3.05, 3.63) is 52.8 Å². The van der Waals surface area contributed by atoms with Crippen LogP contribution in [0.2, 0.25) is 0 Å². The average Bonchev–Trinajstić information content (AvgIpc) is 2.98. The van der Waals surface area contributed by atoms with Crippen LogP contribution < -0.4 is 14.8 Å². The van der Waals surface area contributed by atoms with Gasteiger partial charge in [0.15, 0.2) is 11.5 Å². The molecule has 1 aliphatic heterocycles. The minimum atomic E-state index is -3.95. The summed E-state index contributed by atoms with van der Waals surface area (Å²) >= 11 is 0. The summed E-state index contributed by atoms with van der Waals surface area (Å²) in [5.41, 5.74) is -1.53. The summed E-state index contributed by atoms with van der Waals surface area (Å²) < 4.78 is 92.8. The monoisotopic (exact) mass is 470 g/mol. The van der Waals surface area contributed by atoms with Gasteiger partial charge in [-0.2, -0.15) is 0 Å². The van der Waals surface area contributed by atoms with Gasteiger partial charge in [0.25, 0.3) is 11.8 Å². The topological polar surface area (TPSA) is 119 Å². The summed E-state index contributed by atoms with van der Waals surface area (Å²) in [6, 6.07) is 3.28. The van der Waals surface area contributed by atoms with Crippen molar-refractivity contribution < 1.29 is 44.9 Å². The van der Waals surface area contributed by atoms with Gasteiger partial charge in [0.1, 0.15) is 15.7 Å². The molecule has 0 aromatic heterocycles. The molecule has 2 aromatic rings. The number of carbonyl (C=O) groups is 3. The van der Waals surface area contributed by atoms with Crippen molar-refractivity contribution in [3.8, 4) is 11.5 Å². The number of hydrogen-bond donors (Lipinski definition) is 1. The molecule has 1 N–H and O–H groups in total. The molecule has 0 fully saturated rings. The Labute approximate surface area is 192 Å². The number of hydrogen-bond acceptors (Lipinski definition) is 7. The SMILES string of the molecule is [2H]C([2H])([2H])Oc1ccc(C(CS(C)(=O)=O)N2C(=O)c3c(F)ccc(NC(C)=O)c3C2=O)cc1OC([2H])([2H])[2H]. The Morgan fingerprint density at radius 3 is 2.41 bits per heavy atom. The number of ether oxygens (including phenoxy) is 2. The smallest absolute Gasteiger partial charge is 0.265 e. The quantitative estimate of drug-likeness (QED) is 0.616. The predicted molar refractivity (Wildman–Crippen MR) is 113 cm³/mol. The highest BCUT2D eigenvalue weighted by Crippen LogP contribution is 2.39. The molecule has 9 nitrogen and oxygen atoms in total. The molecule has 0 saturated carbocycles. The molecule has 0 spiro atoms. The van der Waals surface area contributed by atoms with Crippen molar-refractivity contribution in [2.75, 3.05) is 31.4 Å². The number of carbonyl (C=O) groups excluding carboxylic acids is 3. The predicted octanol–water partition coefficient (Wildman–Crippen LogP) is 2.18. The van der Waals surface area contributed by atoms with Gasteiger partial charge in [-0.3, -0.25) is 19.3 Å². The summed E-state index contributed by atoms with van der Waals surface area (Å²) in [7, 11) is -10.1. The first-order chi connectivity index (χ1) is 17.3. The molecule has 1 unspecified atom stereocenters. The van der Waals surface area contributed by atoms with E-state index < -0.39 is 81.9 Å². The minimum absolute atomic E-state index is 0.163. The van der Waals surface area contributed by atoms with E-state index in [1.54, 1.807) is 0 Å². The summed E-state index contributed by atoms with van der Waals surface area (Å²) in [6.07, 6.45) is 0.813. The molecule has 3 amide bonds. The maximum atomic E-state index is 14.7. The van der Waals surface area contributed by atoms with Crippen LogP contribution in [0.15, 0.2) is 30.3 Å². The van der Waals surface area contributed by atoms with E-state index in [2.05, 4.69) is 5.32 Å². The van der Waals surface area contributed by atoms with Crippen LogP contribution in [0, 0.1) is 5.82 Å². The minimum Gasteiger partial charge on any atom is -0.493 e. The van der Waals surface area contributed by atoms with Crippen molar-refractivity contribution >= 4 is 33.2 Å². The molecule has 11 heteroatoms. The number of sulfone groups is 1. The van der Waals surface area contributed by atoms with Crippen LogP contribution in [0.5, 0.6) is 11.5 Å². The highest BCUT2D eigenvalue weighted by molar-refractivity contribution is 7.90. The van der Waals surface area contributed by atoms with Crippen LogP contribution in [0.25, 0.3) is 0 Å². The lowest BCUT2D eigenvalue weighted by Crippen LogP contribution is -2.38. The number of nitrogens with zero attached hydrogens (tertiary/aromatic N) is 1. The molecule has 3 rings (SSSR count). The fraction of sp³-hybridized carbons (Fsp3) is 0.286. The molecule has 2 aromatic carbocycles. The van der Waals surface area contributed by atoms with Gasteiger partial charge in [-0.15, -0.1) is 0 Å². The molecule has 1 aliphatic rings. The molecule has 170 valence electrons. The molecule has 0 saturated heterocycles. The second-order valence-electron chi connectivity index (χ2n) is 7.02. The Kier molecular flexibility index (Phi) is 4.34. The number of halogens is 1. The average molecular weight is 471 g/mol. The zero-order valence-corrected chi connectivity index (χ0v) is 17.6. The second-order valence-corrected chi connectivity index (χ2v) is 9.21. The first kappa shape index (κ1) is 16.2. The fourth-order valence-corrected chi connectivity index (χ4v) is 4.34.